The zero-order chi connectivity index (χ0) is 17.6. The topological polar surface area (TPSA) is 55.3 Å². The van der Waals surface area contributed by atoms with Gasteiger partial charge in [-0.15, -0.1) is 5.10 Å². The van der Waals surface area contributed by atoms with Gasteiger partial charge in [-0.3, -0.25) is 4.79 Å². The second-order valence-electron chi connectivity index (χ2n) is 7.00. The highest BCUT2D eigenvalue weighted by Gasteiger charge is 2.43. The summed E-state index contributed by atoms with van der Waals surface area (Å²) in [4.78, 5) is 14.8. The second-order valence-corrected chi connectivity index (χ2v) is 7.41. The van der Waals surface area contributed by atoms with Gasteiger partial charge in [0.2, 0.25) is 0 Å². The van der Waals surface area contributed by atoms with Gasteiger partial charge in [0.05, 0.1) is 17.7 Å². The number of Topliss-reactive ketones (excluding diaryl/α,β-unsaturated/α-hetero) is 1. The number of hydrogen-bond donors (Lipinski definition) is 0. The summed E-state index contributed by atoms with van der Waals surface area (Å²) >= 11 is 6.16. The molecule has 1 saturated heterocycles. The number of ether oxygens (including phenoxy) is 1. The number of piperidine rings is 1. The molecule has 1 aromatic heterocycles. The van der Waals surface area contributed by atoms with Crippen molar-refractivity contribution in [2.24, 2.45) is 0 Å². The smallest absolute Gasteiger partial charge is 0.170 e. The van der Waals surface area contributed by atoms with Crippen molar-refractivity contribution in [1.82, 2.24) is 10.2 Å². The molecule has 6 heteroatoms. The normalized spacial score (nSPS) is 18.8. The number of carbonyl (C=O) groups is 1. The van der Waals surface area contributed by atoms with Crippen molar-refractivity contribution in [2.45, 2.75) is 38.7 Å². The van der Waals surface area contributed by atoms with Crippen LogP contribution >= 0.6 is 11.6 Å². The zero-order valence-electron chi connectivity index (χ0n) is 14.4. The number of aryl methyl sites for hydroxylation is 2. The second kappa shape index (κ2) is 5.99. The molecule has 5 nitrogen and oxygen atoms in total. The molecule has 0 saturated carbocycles. The van der Waals surface area contributed by atoms with Crippen LogP contribution in [0.25, 0.3) is 0 Å². The molecule has 2 aliphatic heterocycles. The number of rotatable bonds is 1. The van der Waals surface area contributed by atoms with E-state index in [0.29, 0.717) is 22.8 Å². The van der Waals surface area contributed by atoms with Crippen LogP contribution in [-0.4, -0.2) is 34.7 Å². The summed E-state index contributed by atoms with van der Waals surface area (Å²) in [6, 6.07) is 7.58. The lowest BCUT2D eigenvalue weighted by atomic mass is 9.82. The molecule has 0 atom stereocenters. The highest BCUT2D eigenvalue weighted by Crippen LogP contribution is 2.41. The van der Waals surface area contributed by atoms with Crippen LogP contribution in [0.2, 0.25) is 5.02 Å². The Labute approximate surface area is 152 Å². The van der Waals surface area contributed by atoms with Crippen molar-refractivity contribution >= 4 is 23.2 Å². The molecule has 4 rings (SSSR count). The van der Waals surface area contributed by atoms with Gasteiger partial charge < -0.3 is 9.64 Å². The third-order valence-electron chi connectivity index (χ3n) is 5.15. The number of benzene rings is 1. The third-order valence-corrected chi connectivity index (χ3v) is 5.56. The zero-order valence-corrected chi connectivity index (χ0v) is 15.1. The fourth-order valence-corrected chi connectivity index (χ4v) is 3.76. The molecule has 0 amide bonds. The molecule has 2 aromatic rings. The Balaban J connectivity index is 1.54. The summed E-state index contributed by atoms with van der Waals surface area (Å²) in [7, 11) is 0. The van der Waals surface area contributed by atoms with Crippen molar-refractivity contribution in [2.75, 3.05) is 18.0 Å². The van der Waals surface area contributed by atoms with E-state index in [4.69, 9.17) is 16.3 Å². The Kier molecular flexibility index (Phi) is 3.91. The van der Waals surface area contributed by atoms with Crippen LogP contribution in [0.5, 0.6) is 5.75 Å². The Morgan fingerprint density at radius 1 is 1.16 bits per heavy atom. The van der Waals surface area contributed by atoms with Gasteiger partial charge in [0.15, 0.2) is 11.6 Å². The van der Waals surface area contributed by atoms with E-state index < -0.39 is 5.60 Å². The van der Waals surface area contributed by atoms with E-state index in [1.807, 2.05) is 32.0 Å². The van der Waals surface area contributed by atoms with Crippen molar-refractivity contribution in [1.29, 1.82) is 0 Å². The summed E-state index contributed by atoms with van der Waals surface area (Å²) in [5.41, 5.74) is 2.02. The van der Waals surface area contributed by atoms with Crippen LogP contribution in [0.15, 0.2) is 24.3 Å². The quantitative estimate of drug-likeness (QED) is 0.778. The van der Waals surface area contributed by atoms with E-state index in [-0.39, 0.29) is 5.78 Å². The van der Waals surface area contributed by atoms with Gasteiger partial charge in [-0.2, -0.15) is 5.10 Å². The lowest BCUT2D eigenvalue weighted by molar-refractivity contribution is 0.0230. The van der Waals surface area contributed by atoms with Gasteiger partial charge in [0, 0.05) is 31.0 Å². The van der Waals surface area contributed by atoms with Gasteiger partial charge >= 0.3 is 0 Å². The van der Waals surface area contributed by atoms with Crippen LogP contribution in [0.3, 0.4) is 0 Å². The Morgan fingerprint density at radius 2 is 1.92 bits per heavy atom. The largest absolute Gasteiger partial charge is 0.486 e. The number of halogens is 1. The van der Waals surface area contributed by atoms with Gasteiger partial charge in [0.1, 0.15) is 11.4 Å². The van der Waals surface area contributed by atoms with Crippen molar-refractivity contribution in [3.8, 4) is 5.75 Å². The summed E-state index contributed by atoms with van der Waals surface area (Å²) < 4.78 is 6.33. The lowest BCUT2D eigenvalue weighted by Crippen LogP contribution is -2.51. The fourth-order valence-electron chi connectivity index (χ4n) is 3.60. The maximum atomic E-state index is 12.6. The number of aromatic nitrogens is 2. The number of hydrogen-bond acceptors (Lipinski definition) is 5. The monoisotopic (exact) mass is 357 g/mol. The first-order valence-corrected chi connectivity index (χ1v) is 8.91. The van der Waals surface area contributed by atoms with Crippen LogP contribution in [0.4, 0.5) is 5.82 Å². The summed E-state index contributed by atoms with van der Waals surface area (Å²) in [5.74, 6) is 1.67. The van der Waals surface area contributed by atoms with Crippen LogP contribution in [-0.2, 0) is 0 Å². The van der Waals surface area contributed by atoms with E-state index in [1.54, 1.807) is 6.07 Å². The molecule has 130 valence electrons. The number of anilines is 1. The maximum Gasteiger partial charge on any atom is 0.170 e. The summed E-state index contributed by atoms with van der Waals surface area (Å²) in [5, 5.41) is 9.00. The first-order chi connectivity index (χ1) is 12.0. The molecule has 1 fully saturated rings. The first-order valence-electron chi connectivity index (χ1n) is 8.53. The van der Waals surface area contributed by atoms with Crippen LogP contribution < -0.4 is 9.64 Å². The minimum Gasteiger partial charge on any atom is -0.486 e. The predicted molar refractivity (Wildman–Crippen MR) is 96.7 cm³/mol. The van der Waals surface area contributed by atoms with Gasteiger partial charge in [-0.05, 0) is 43.7 Å². The van der Waals surface area contributed by atoms with E-state index in [0.717, 1.165) is 43.0 Å². The summed E-state index contributed by atoms with van der Waals surface area (Å²) in [6.45, 7) is 5.45. The van der Waals surface area contributed by atoms with Crippen molar-refractivity contribution < 1.29 is 9.53 Å². The minimum atomic E-state index is -0.418. The molecular formula is C19H20ClN3O2. The molecular weight excluding hydrogens is 338 g/mol. The van der Waals surface area contributed by atoms with E-state index in [9.17, 15) is 4.79 Å². The molecule has 0 unspecified atom stereocenters. The molecule has 0 aliphatic carbocycles. The van der Waals surface area contributed by atoms with E-state index in [2.05, 4.69) is 15.1 Å². The number of carbonyl (C=O) groups excluding carboxylic acids is 1. The van der Waals surface area contributed by atoms with Gasteiger partial charge in [0.25, 0.3) is 0 Å². The average molecular weight is 358 g/mol. The minimum absolute atomic E-state index is 0.117. The Hall–Kier alpha value is -2.14. The Morgan fingerprint density at radius 3 is 2.60 bits per heavy atom. The number of nitrogens with zero attached hydrogens (tertiary/aromatic N) is 3. The molecule has 0 N–H and O–H groups in total. The van der Waals surface area contributed by atoms with Gasteiger partial charge in [-0.1, -0.05) is 11.6 Å². The Bertz CT molecular complexity index is 827. The molecule has 1 aromatic carbocycles. The molecule has 1 spiro atoms. The van der Waals surface area contributed by atoms with Crippen molar-refractivity contribution in [3.63, 3.8) is 0 Å². The third kappa shape index (κ3) is 2.97. The van der Waals surface area contributed by atoms with Crippen LogP contribution in [0, 0.1) is 13.8 Å². The maximum absolute atomic E-state index is 12.6. The van der Waals surface area contributed by atoms with E-state index >= 15 is 0 Å². The molecule has 3 heterocycles. The SMILES string of the molecule is Cc1ccc(N2CCC3(CC2)CC(=O)c2cc(Cl)c(C)cc2O3)nn1. The number of fused-ring (bicyclic) bond motifs is 1. The average Bonchev–Trinajstić information content (AvgIpc) is 2.59. The molecule has 0 bridgehead atoms. The van der Waals surface area contributed by atoms with Crippen molar-refractivity contribution in [3.05, 3.63) is 46.1 Å². The van der Waals surface area contributed by atoms with Gasteiger partial charge in [-0.25, -0.2) is 0 Å². The molecule has 25 heavy (non-hydrogen) atoms. The highest BCUT2D eigenvalue weighted by atomic mass is 35.5. The molecule has 2 aliphatic rings. The lowest BCUT2D eigenvalue weighted by Gasteiger charge is -2.44. The summed E-state index contributed by atoms with van der Waals surface area (Å²) in [6.07, 6.45) is 1.98. The number of ketones is 1. The predicted octanol–water partition coefficient (Wildman–Crippen LogP) is 3.75. The van der Waals surface area contributed by atoms with Crippen LogP contribution in [0.1, 0.15) is 40.9 Å². The first kappa shape index (κ1) is 16.3. The highest BCUT2D eigenvalue weighted by molar-refractivity contribution is 6.31. The standard InChI is InChI=1S/C19H20ClN3O2/c1-12-9-17-14(10-15(12)20)16(24)11-19(25-17)5-7-23(8-6-19)18-4-3-13(2)21-22-18/h3-4,9-10H,5-8,11H2,1-2H3. The molecule has 0 radical (unpaired) electrons. The fraction of sp³-hybridized carbons (Fsp3) is 0.421. The van der Waals surface area contributed by atoms with E-state index in [1.165, 1.54) is 0 Å².